The van der Waals surface area contributed by atoms with E-state index in [9.17, 15) is 4.79 Å². The number of carbonyl (C=O) groups is 1. The van der Waals surface area contributed by atoms with Crippen LogP contribution in [0.5, 0.6) is 0 Å². The van der Waals surface area contributed by atoms with Gasteiger partial charge in [-0.25, -0.2) is 0 Å². The third-order valence-corrected chi connectivity index (χ3v) is 1.88. The quantitative estimate of drug-likeness (QED) is 0.548. The minimum absolute atomic E-state index is 0.164. The summed E-state index contributed by atoms with van der Waals surface area (Å²) in [7, 11) is 0. The fourth-order valence-corrected chi connectivity index (χ4v) is 1.07. The third kappa shape index (κ3) is 4.88. The molecule has 0 aromatic carbocycles. The normalized spacial score (nSPS) is 10.4. The van der Waals surface area contributed by atoms with Crippen molar-refractivity contribution in [2.75, 3.05) is 13.2 Å². The number of ether oxygens (including phenoxy) is 1. The van der Waals surface area contributed by atoms with E-state index in [0.29, 0.717) is 24.9 Å². The molecule has 16 heavy (non-hydrogen) atoms. The van der Waals surface area contributed by atoms with Gasteiger partial charge in [0.1, 0.15) is 0 Å². The predicted octanol–water partition coefficient (Wildman–Crippen LogP) is 0.811. The number of carbonyl (C=O) groups excluding carboxylic acids is 1. The molecule has 1 heterocycles. The lowest BCUT2D eigenvalue weighted by molar-refractivity contribution is -0.142. The molecule has 0 spiro atoms. The van der Waals surface area contributed by atoms with Crippen LogP contribution in [0.3, 0.4) is 0 Å². The van der Waals surface area contributed by atoms with Crippen molar-refractivity contribution >= 4 is 5.97 Å². The molecular formula is C10H17N3O3. The Morgan fingerprint density at radius 2 is 2.38 bits per heavy atom. The molecule has 6 heteroatoms. The molecule has 0 radical (unpaired) electrons. The van der Waals surface area contributed by atoms with Gasteiger partial charge in [-0.15, -0.1) is 0 Å². The monoisotopic (exact) mass is 227 g/mol. The number of aromatic nitrogens is 2. The first-order valence-electron chi connectivity index (χ1n) is 5.38. The van der Waals surface area contributed by atoms with E-state index in [-0.39, 0.29) is 12.5 Å². The summed E-state index contributed by atoms with van der Waals surface area (Å²) in [4.78, 5) is 15.2. The Balaban J connectivity index is 2.08. The molecule has 0 aliphatic carbocycles. The van der Waals surface area contributed by atoms with E-state index < -0.39 is 0 Å². The minimum atomic E-state index is -0.256. The molecule has 6 nitrogen and oxygen atoms in total. The maximum atomic E-state index is 11.2. The first-order chi connectivity index (χ1) is 7.72. The smallest absolute Gasteiger partial charge is 0.319 e. The molecule has 1 aromatic rings. The Kier molecular flexibility index (Phi) is 5.49. The predicted molar refractivity (Wildman–Crippen MR) is 56.6 cm³/mol. The van der Waals surface area contributed by atoms with E-state index in [1.54, 1.807) is 6.92 Å². The Morgan fingerprint density at radius 3 is 3.00 bits per heavy atom. The number of nitrogens with zero attached hydrogens (tertiary/aromatic N) is 2. The topological polar surface area (TPSA) is 77.2 Å². The van der Waals surface area contributed by atoms with E-state index in [1.165, 1.54) is 0 Å². The Labute approximate surface area is 94.4 Å². The molecule has 0 aliphatic heterocycles. The highest BCUT2D eigenvalue weighted by Gasteiger charge is 2.04. The molecule has 0 aliphatic rings. The number of hydrogen-bond donors (Lipinski definition) is 1. The van der Waals surface area contributed by atoms with Gasteiger partial charge in [0.25, 0.3) is 0 Å². The summed E-state index contributed by atoms with van der Waals surface area (Å²) in [5, 5.41) is 6.57. The van der Waals surface area contributed by atoms with Crippen LogP contribution in [0.2, 0.25) is 0 Å². The van der Waals surface area contributed by atoms with E-state index in [0.717, 1.165) is 12.8 Å². The van der Waals surface area contributed by atoms with Crippen molar-refractivity contribution in [3.8, 4) is 0 Å². The molecule has 0 bridgehead atoms. The van der Waals surface area contributed by atoms with Crippen LogP contribution in [0, 0.1) is 6.92 Å². The van der Waals surface area contributed by atoms with Crippen molar-refractivity contribution in [3.05, 3.63) is 11.7 Å². The van der Waals surface area contributed by atoms with Crippen molar-refractivity contribution < 1.29 is 14.1 Å². The number of rotatable bonds is 7. The number of esters is 1. The zero-order chi connectivity index (χ0) is 11.8. The van der Waals surface area contributed by atoms with Crippen molar-refractivity contribution in [2.24, 2.45) is 0 Å². The van der Waals surface area contributed by atoms with Gasteiger partial charge >= 0.3 is 5.97 Å². The molecule has 1 rings (SSSR count). The summed E-state index contributed by atoms with van der Waals surface area (Å²) in [6.45, 7) is 4.82. The van der Waals surface area contributed by atoms with E-state index >= 15 is 0 Å². The Morgan fingerprint density at radius 1 is 1.56 bits per heavy atom. The van der Waals surface area contributed by atoms with Crippen LogP contribution in [0.25, 0.3) is 0 Å². The Bertz CT molecular complexity index is 325. The first kappa shape index (κ1) is 12.6. The second-order valence-corrected chi connectivity index (χ2v) is 3.41. The molecule has 0 saturated heterocycles. The van der Waals surface area contributed by atoms with Crippen molar-refractivity contribution in [1.82, 2.24) is 15.5 Å². The van der Waals surface area contributed by atoms with Crippen LogP contribution in [0.15, 0.2) is 4.52 Å². The second-order valence-electron chi connectivity index (χ2n) is 3.41. The van der Waals surface area contributed by atoms with Gasteiger partial charge in [0.05, 0.1) is 19.7 Å². The highest BCUT2D eigenvalue weighted by Crippen LogP contribution is 1.93. The van der Waals surface area contributed by atoms with Gasteiger partial charge in [-0.3, -0.25) is 10.1 Å². The Hall–Kier alpha value is -1.43. The van der Waals surface area contributed by atoms with Crippen LogP contribution in [-0.4, -0.2) is 29.3 Å². The van der Waals surface area contributed by atoms with Gasteiger partial charge in [-0.1, -0.05) is 18.5 Å². The summed E-state index contributed by atoms with van der Waals surface area (Å²) in [6.07, 6.45) is 1.92. The first-order valence-corrected chi connectivity index (χ1v) is 5.38. The zero-order valence-corrected chi connectivity index (χ0v) is 9.65. The molecule has 0 atom stereocenters. The summed E-state index contributed by atoms with van der Waals surface area (Å²) in [5.74, 6) is 0.801. The van der Waals surface area contributed by atoms with Gasteiger partial charge in [0, 0.05) is 6.92 Å². The molecule has 0 amide bonds. The van der Waals surface area contributed by atoms with E-state index in [4.69, 9.17) is 9.26 Å². The highest BCUT2D eigenvalue weighted by atomic mass is 16.5. The van der Waals surface area contributed by atoms with Gasteiger partial charge in [0.15, 0.2) is 5.82 Å². The number of unbranched alkanes of at least 4 members (excludes halogenated alkanes) is 1. The van der Waals surface area contributed by atoms with Crippen molar-refractivity contribution in [3.63, 3.8) is 0 Å². The standard InChI is InChI=1S/C10H17N3O3/c1-3-4-5-15-10(14)7-11-6-9-12-8(2)16-13-9/h11H,3-7H2,1-2H3. The number of hydrogen-bond acceptors (Lipinski definition) is 6. The molecule has 0 saturated carbocycles. The molecule has 1 aromatic heterocycles. The second kappa shape index (κ2) is 6.95. The maximum absolute atomic E-state index is 11.2. The fourth-order valence-electron chi connectivity index (χ4n) is 1.07. The lowest BCUT2D eigenvalue weighted by Gasteiger charge is -2.03. The minimum Gasteiger partial charge on any atom is -0.465 e. The average molecular weight is 227 g/mol. The van der Waals surface area contributed by atoms with Crippen LogP contribution in [0.1, 0.15) is 31.5 Å². The van der Waals surface area contributed by atoms with Crippen LogP contribution in [0.4, 0.5) is 0 Å². The maximum Gasteiger partial charge on any atom is 0.319 e. The van der Waals surface area contributed by atoms with Crippen LogP contribution in [-0.2, 0) is 16.1 Å². The molecule has 1 N–H and O–H groups in total. The van der Waals surface area contributed by atoms with Gasteiger partial charge in [-0.05, 0) is 6.42 Å². The third-order valence-electron chi connectivity index (χ3n) is 1.88. The summed E-state index contributed by atoms with van der Waals surface area (Å²) >= 11 is 0. The fraction of sp³-hybridized carbons (Fsp3) is 0.700. The van der Waals surface area contributed by atoms with Gasteiger partial charge < -0.3 is 9.26 Å². The molecular weight excluding hydrogens is 210 g/mol. The average Bonchev–Trinajstić information content (AvgIpc) is 2.65. The van der Waals surface area contributed by atoms with Crippen molar-refractivity contribution in [2.45, 2.75) is 33.2 Å². The number of nitrogens with one attached hydrogen (secondary N) is 1. The summed E-state index contributed by atoms with van der Waals surface area (Å²) in [5.41, 5.74) is 0. The zero-order valence-electron chi connectivity index (χ0n) is 9.65. The van der Waals surface area contributed by atoms with Crippen LogP contribution < -0.4 is 5.32 Å². The lowest BCUT2D eigenvalue weighted by Crippen LogP contribution is -2.25. The van der Waals surface area contributed by atoms with Gasteiger partial charge in [0.2, 0.25) is 5.89 Å². The van der Waals surface area contributed by atoms with Crippen molar-refractivity contribution in [1.29, 1.82) is 0 Å². The lowest BCUT2D eigenvalue weighted by atomic mass is 10.4. The SMILES string of the molecule is CCCCOC(=O)CNCc1noc(C)n1. The highest BCUT2D eigenvalue weighted by molar-refractivity contribution is 5.71. The molecule has 0 fully saturated rings. The largest absolute Gasteiger partial charge is 0.465 e. The van der Waals surface area contributed by atoms with E-state index in [2.05, 4.69) is 15.5 Å². The molecule has 90 valence electrons. The van der Waals surface area contributed by atoms with Crippen LogP contribution >= 0.6 is 0 Å². The number of aryl methyl sites for hydroxylation is 1. The summed E-state index contributed by atoms with van der Waals surface area (Å²) in [6, 6.07) is 0. The summed E-state index contributed by atoms with van der Waals surface area (Å²) < 4.78 is 9.74. The van der Waals surface area contributed by atoms with E-state index in [1.807, 2.05) is 6.92 Å². The molecule has 0 unspecified atom stereocenters. The van der Waals surface area contributed by atoms with Gasteiger partial charge in [-0.2, -0.15) is 4.98 Å².